The molecular formula is C21H29N7O2. The summed E-state index contributed by atoms with van der Waals surface area (Å²) in [5, 5.41) is 11.2. The number of piperazine rings is 1. The molecule has 0 atom stereocenters. The van der Waals surface area contributed by atoms with E-state index in [9.17, 15) is 9.59 Å². The molecule has 4 rings (SSSR count). The van der Waals surface area contributed by atoms with Crippen molar-refractivity contribution in [3.05, 3.63) is 36.2 Å². The fourth-order valence-electron chi connectivity index (χ4n) is 4.33. The Hall–Kier alpha value is -2.81. The summed E-state index contributed by atoms with van der Waals surface area (Å²) in [7, 11) is 0. The van der Waals surface area contributed by atoms with Gasteiger partial charge in [-0.1, -0.05) is 19.1 Å². The largest absolute Gasteiger partial charge is 0.340 e. The van der Waals surface area contributed by atoms with Gasteiger partial charge in [0.05, 0.1) is 11.3 Å². The minimum absolute atomic E-state index is 0.0124. The Kier molecular flexibility index (Phi) is 6.37. The molecule has 0 spiro atoms. The van der Waals surface area contributed by atoms with Crippen LogP contribution in [0.1, 0.15) is 36.5 Å². The van der Waals surface area contributed by atoms with E-state index >= 15 is 0 Å². The fourth-order valence-corrected chi connectivity index (χ4v) is 4.33. The smallest absolute Gasteiger partial charge is 0.256 e. The average molecular weight is 412 g/mol. The van der Waals surface area contributed by atoms with E-state index < -0.39 is 0 Å². The van der Waals surface area contributed by atoms with Crippen LogP contribution in [0.3, 0.4) is 0 Å². The highest BCUT2D eigenvalue weighted by atomic mass is 16.2. The molecule has 2 amide bonds. The summed E-state index contributed by atoms with van der Waals surface area (Å²) in [5.41, 5.74) is 1.27. The highest BCUT2D eigenvalue weighted by Gasteiger charge is 2.28. The molecular weight excluding hydrogens is 382 g/mol. The van der Waals surface area contributed by atoms with Gasteiger partial charge in [-0.25, -0.2) is 0 Å². The summed E-state index contributed by atoms with van der Waals surface area (Å²) in [4.78, 5) is 32.1. The van der Waals surface area contributed by atoms with Crippen LogP contribution in [0.25, 0.3) is 5.69 Å². The van der Waals surface area contributed by atoms with E-state index in [1.807, 2.05) is 34.1 Å². The van der Waals surface area contributed by atoms with Crippen LogP contribution < -0.4 is 0 Å². The Morgan fingerprint density at radius 1 is 1.00 bits per heavy atom. The van der Waals surface area contributed by atoms with Gasteiger partial charge in [0.1, 0.15) is 6.33 Å². The Morgan fingerprint density at radius 2 is 1.73 bits per heavy atom. The van der Waals surface area contributed by atoms with Crippen LogP contribution >= 0.6 is 0 Å². The molecule has 2 fully saturated rings. The van der Waals surface area contributed by atoms with Crippen molar-refractivity contribution in [1.29, 1.82) is 0 Å². The lowest BCUT2D eigenvalue weighted by Crippen LogP contribution is -2.49. The molecule has 2 aromatic rings. The predicted octanol–water partition coefficient (Wildman–Crippen LogP) is 1.07. The van der Waals surface area contributed by atoms with E-state index in [4.69, 9.17) is 0 Å². The van der Waals surface area contributed by atoms with E-state index in [1.54, 1.807) is 0 Å². The lowest BCUT2D eigenvalue weighted by Gasteiger charge is -2.36. The van der Waals surface area contributed by atoms with Crippen LogP contribution in [0.2, 0.25) is 0 Å². The molecule has 160 valence electrons. The lowest BCUT2D eigenvalue weighted by atomic mass is 9.92. The quantitative estimate of drug-likeness (QED) is 0.731. The zero-order valence-electron chi connectivity index (χ0n) is 17.5. The topological polar surface area (TPSA) is 87.5 Å². The van der Waals surface area contributed by atoms with Crippen molar-refractivity contribution < 1.29 is 9.59 Å². The van der Waals surface area contributed by atoms with Gasteiger partial charge < -0.3 is 14.7 Å². The number of hydrogen-bond acceptors (Lipinski definition) is 6. The SMILES string of the molecule is CCN1CCN(C(=O)CC2CCN(C(=O)c3ccccc3-n3cnnn3)CC2)CC1. The second kappa shape index (κ2) is 9.34. The van der Waals surface area contributed by atoms with Crippen LogP contribution in [0.4, 0.5) is 0 Å². The predicted molar refractivity (Wildman–Crippen MR) is 111 cm³/mol. The van der Waals surface area contributed by atoms with Crippen LogP contribution in [0.5, 0.6) is 0 Å². The third-order valence-corrected chi connectivity index (χ3v) is 6.27. The molecule has 1 aromatic carbocycles. The zero-order chi connectivity index (χ0) is 20.9. The molecule has 2 aliphatic rings. The number of para-hydroxylation sites is 1. The Balaban J connectivity index is 1.31. The van der Waals surface area contributed by atoms with Gasteiger partial charge in [-0.05, 0) is 47.9 Å². The van der Waals surface area contributed by atoms with E-state index in [0.29, 0.717) is 36.7 Å². The summed E-state index contributed by atoms with van der Waals surface area (Å²) in [5.74, 6) is 0.599. The number of aromatic nitrogens is 4. The summed E-state index contributed by atoms with van der Waals surface area (Å²) in [6.07, 6.45) is 3.80. The molecule has 2 saturated heterocycles. The maximum atomic E-state index is 13.1. The zero-order valence-corrected chi connectivity index (χ0v) is 17.5. The third-order valence-electron chi connectivity index (χ3n) is 6.27. The van der Waals surface area contributed by atoms with Crippen molar-refractivity contribution in [2.45, 2.75) is 26.2 Å². The molecule has 3 heterocycles. The summed E-state index contributed by atoms with van der Waals surface area (Å²) < 4.78 is 1.51. The van der Waals surface area contributed by atoms with Crippen molar-refractivity contribution in [1.82, 2.24) is 34.9 Å². The number of likely N-dealkylation sites (N-methyl/N-ethyl adjacent to an activating group) is 1. The summed E-state index contributed by atoms with van der Waals surface area (Å²) in [6.45, 7) is 8.15. The first-order valence-corrected chi connectivity index (χ1v) is 10.8. The third kappa shape index (κ3) is 4.51. The first kappa shape index (κ1) is 20.5. The van der Waals surface area contributed by atoms with E-state index in [-0.39, 0.29) is 11.8 Å². The average Bonchev–Trinajstić information content (AvgIpc) is 3.34. The normalized spacial score (nSPS) is 18.6. The molecule has 0 unspecified atom stereocenters. The van der Waals surface area contributed by atoms with Gasteiger partial charge in [0.2, 0.25) is 5.91 Å². The van der Waals surface area contributed by atoms with E-state index in [0.717, 1.165) is 45.6 Å². The van der Waals surface area contributed by atoms with Crippen LogP contribution in [-0.4, -0.2) is 92.5 Å². The Labute approximate surface area is 176 Å². The molecule has 0 saturated carbocycles. The van der Waals surface area contributed by atoms with Crippen molar-refractivity contribution in [3.8, 4) is 5.69 Å². The van der Waals surface area contributed by atoms with Gasteiger partial charge in [-0.3, -0.25) is 9.59 Å². The Morgan fingerprint density at radius 3 is 2.40 bits per heavy atom. The summed E-state index contributed by atoms with van der Waals surface area (Å²) >= 11 is 0. The molecule has 0 aliphatic carbocycles. The van der Waals surface area contributed by atoms with E-state index in [2.05, 4.69) is 27.3 Å². The van der Waals surface area contributed by atoms with Gasteiger partial charge in [0, 0.05) is 45.7 Å². The number of carbonyl (C=O) groups is 2. The number of nitrogens with zero attached hydrogens (tertiary/aromatic N) is 7. The standard InChI is InChI=1S/C21H29N7O2/c1-2-25-11-13-26(14-12-25)20(29)15-17-7-9-27(10-8-17)21(30)18-5-3-4-6-19(18)28-16-22-23-24-28/h3-6,16-17H,2,7-15H2,1H3. The molecule has 2 aliphatic heterocycles. The highest BCUT2D eigenvalue weighted by Crippen LogP contribution is 2.24. The minimum atomic E-state index is -0.0124. The number of hydrogen-bond donors (Lipinski definition) is 0. The van der Waals surface area contributed by atoms with Gasteiger partial charge in [-0.2, -0.15) is 4.68 Å². The highest BCUT2D eigenvalue weighted by molar-refractivity contribution is 5.97. The monoisotopic (exact) mass is 411 g/mol. The lowest BCUT2D eigenvalue weighted by molar-refractivity contribution is -0.134. The van der Waals surface area contributed by atoms with Crippen LogP contribution in [0.15, 0.2) is 30.6 Å². The van der Waals surface area contributed by atoms with Crippen LogP contribution in [0, 0.1) is 5.92 Å². The fraction of sp³-hybridized carbons (Fsp3) is 0.571. The number of rotatable bonds is 5. The first-order valence-electron chi connectivity index (χ1n) is 10.8. The molecule has 0 radical (unpaired) electrons. The molecule has 0 N–H and O–H groups in total. The minimum Gasteiger partial charge on any atom is -0.340 e. The van der Waals surface area contributed by atoms with Crippen molar-refractivity contribution in [2.75, 3.05) is 45.8 Å². The van der Waals surface area contributed by atoms with E-state index in [1.165, 1.54) is 11.0 Å². The molecule has 30 heavy (non-hydrogen) atoms. The number of carbonyl (C=O) groups excluding carboxylic acids is 2. The first-order chi connectivity index (χ1) is 14.7. The molecule has 0 bridgehead atoms. The van der Waals surface area contributed by atoms with Gasteiger partial charge >= 0.3 is 0 Å². The van der Waals surface area contributed by atoms with Gasteiger partial charge in [0.25, 0.3) is 5.91 Å². The number of likely N-dealkylation sites (tertiary alicyclic amines) is 1. The van der Waals surface area contributed by atoms with Gasteiger partial charge in [0.15, 0.2) is 0 Å². The van der Waals surface area contributed by atoms with Crippen molar-refractivity contribution in [3.63, 3.8) is 0 Å². The number of tetrazole rings is 1. The molecule has 1 aromatic heterocycles. The second-order valence-corrected chi connectivity index (χ2v) is 8.03. The number of amides is 2. The van der Waals surface area contributed by atoms with Crippen molar-refractivity contribution >= 4 is 11.8 Å². The van der Waals surface area contributed by atoms with Crippen molar-refractivity contribution in [2.24, 2.45) is 5.92 Å². The van der Waals surface area contributed by atoms with Crippen LogP contribution in [-0.2, 0) is 4.79 Å². The van der Waals surface area contributed by atoms with Gasteiger partial charge in [-0.15, -0.1) is 5.10 Å². The maximum absolute atomic E-state index is 13.1. The Bertz CT molecular complexity index is 854. The number of piperidine rings is 1. The second-order valence-electron chi connectivity index (χ2n) is 8.03. The number of benzene rings is 1. The molecule has 9 nitrogen and oxygen atoms in total. The summed E-state index contributed by atoms with van der Waals surface area (Å²) in [6, 6.07) is 7.37. The maximum Gasteiger partial charge on any atom is 0.256 e. The molecule has 9 heteroatoms.